The lowest BCUT2D eigenvalue weighted by Gasteiger charge is -2.03. The van der Waals surface area contributed by atoms with Gasteiger partial charge in [0.25, 0.3) is 0 Å². The van der Waals surface area contributed by atoms with Gasteiger partial charge in [-0.3, -0.25) is 4.68 Å². The summed E-state index contributed by atoms with van der Waals surface area (Å²) in [6.07, 6.45) is 1.78. The lowest BCUT2D eigenvalue weighted by atomic mass is 10.3. The molecule has 0 bridgehead atoms. The van der Waals surface area contributed by atoms with Gasteiger partial charge in [0.1, 0.15) is 0 Å². The van der Waals surface area contributed by atoms with Crippen molar-refractivity contribution in [3.8, 4) is 0 Å². The van der Waals surface area contributed by atoms with E-state index in [1.165, 1.54) is 5.69 Å². The average molecular weight is 197 g/mol. The maximum absolute atomic E-state index is 8.60. The number of hydrogen-bond acceptors (Lipinski definition) is 3. The van der Waals surface area contributed by atoms with E-state index in [-0.39, 0.29) is 6.61 Å². The monoisotopic (exact) mass is 197 g/mol. The first-order valence-electron chi connectivity index (χ1n) is 5.11. The second kappa shape index (κ2) is 5.78. The van der Waals surface area contributed by atoms with Crippen molar-refractivity contribution < 1.29 is 5.11 Å². The fourth-order valence-electron chi connectivity index (χ4n) is 1.33. The third-order valence-corrected chi connectivity index (χ3v) is 2.21. The summed E-state index contributed by atoms with van der Waals surface area (Å²) in [5.74, 6) is 0. The van der Waals surface area contributed by atoms with Crippen LogP contribution in [0, 0.1) is 0 Å². The number of aryl methyl sites for hydroxylation is 2. The Kier molecular flexibility index (Phi) is 4.62. The fourth-order valence-corrected chi connectivity index (χ4v) is 1.33. The standard InChI is InChI=1S/C10H19N3O/c1-3-9-7-10(13(2)12-9)8-11-5-4-6-14/h7,11,14H,3-6,8H2,1-2H3. The van der Waals surface area contributed by atoms with E-state index in [9.17, 15) is 0 Å². The molecule has 0 unspecified atom stereocenters. The van der Waals surface area contributed by atoms with Gasteiger partial charge < -0.3 is 10.4 Å². The Hall–Kier alpha value is -0.870. The Morgan fingerprint density at radius 2 is 2.36 bits per heavy atom. The summed E-state index contributed by atoms with van der Waals surface area (Å²) in [7, 11) is 1.96. The zero-order valence-corrected chi connectivity index (χ0v) is 8.95. The molecule has 0 spiro atoms. The second-order valence-corrected chi connectivity index (χ2v) is 3.36. The van der Waals surface area contributed by atoms with E-state index in [1.54, 1.807) is 0 Å². The highest BCUT2D eigenvalue weighted by Crippen LogP contribution is 2.02. The first-order valence-corrected chi connectivity index (χ1v) is 5.11. The number of hydrogen-bond donors (Lipinski definition) is 2. The van der Waals surface area contributed by atoms with E-state index in [2.05, 4.69) is 23.4 Å². The molecule has 1 aromatic rings. The summed E-state index contributed by atoms with van der Waals surface area (Å²) in [5.41, 5.74) is 2.33. The SMILES string of the molecule is CCc1cc(CNCCCO)n(C)n1. The molecular formula is C10H19N3O. The van der Waals surface area contributed by atoms with Crippen LogP contribution in [0.2, 0.25) is 0 Å². The molecule has 4 heteroatoms. The molecule has 0 aliphatic heterocycles. The number of nitrogens with one attached hydrogen (secondary N) is 1. The van der Waals surface area contributed by atoms with Crippen molar-refractivity contribution in [1.82, 2.24) is 15.1 Å². The summed E-state index contributed by atoms with van der Waals surface area (Å²) in [4.78, 5) is 0. The molecule has 1 rings (SSSR count). The minimum absolute atomic E-state index is 0.249. The molecule has 0 saturated heterocycles. The number of rotatable bonds is 6. The largest absolute Gasteiger partial charge is 0.396 e. The van der Waals surface area contributed by atoms with Crippen molar-refractivity contribution in [2.75, 3.05) is 13.2 Å². The van der Waals surface area contributed by atoms with Crippen molar-refractivity contribution in [3.63, 3.8) is 0 Å². The van der Waals surface area contributed by atoms with Gasteiger partial charge >= 0.3 is 0 Å². The first-order chi connectivity index (χ1) is 6.77. The molecule has 80 valence electrons. The summed E-state index contributed by atoms with van der Waals surface area (Å²) in [5, 5.41) is 16.2. The van der Waals surface area contributed by atoms with Crippen LogP contribution in [0.4, 0.5) is 0 Å². The molecular weight excluding hydrogens is 178 g/mol. The zero-order chi connectivity index (χ0) is 10.4. The highest BCUT2D eigenvalue weighted by Gasteiger charge is 2.02. The summed E-state index contributed by atoms with van der Waals surface area (Å²) >= 11 is 0. The molecule has 0 atom stereocenters. The summed E-state index contributed by atoms with van der Waals surface area (Å²) in [6.45, 7) is 4.02. The lowest BCUT2D eigenvalue weighted by Crippen LogP contribution is -2.17. The van der Waals surface area contributed by atoms with Gasteiger partial charge in [-0.1, -0.05) is 6.92 Å². The Labute approximate surface area is 84.9 Å². The Balaban J connectivity index is 2.38. The molecule has 1 heterocycles. The smallest absolute Gasteiger partial charge is 0.0625 e. The van der Waals surface area contributed by atoms with Crippen LogP contribution >= 0.6 is 0 Å². The zero-order valence-electron chi connectivity index (χ0n) is 8.95. The van der Waals surface area contributed by atoms with Crippen LogP contribution in [0.5, 0.6) is 0 Å². The Morgan fingerprint density at radius 1 is 1.57 bits per heavy atom. The van der Waals surface area contributed by atoms with Gasteiger partial charge in [0.15, 0.2) is 0 Å². The number of nitrogens with zero attached hydrogens (tertiary/aromatic N) is 2. The van der Waals surface area contributed by atoms with Crippen LogP contribution in [0.15, 0.2) is 6.07 Å². The third-order valence-electron chi connectivity index (χ3n) is 2.21. The van der Waals surface area contributed by atoms with Gasteiger partial charge in [0.05, 0.1) is 11.4 Å². The van der Waals surface area contributed by atoms with Crippen LogP contribution in [0.3, 0.4) is 0 Å². The van der Waals surface area contributed by atoms with Crippen molar-refractivity contribution in [2.45, 2.75) is 26.3 Å². The van der Waals surface area contributed by atoms with Crippen molar-refractivity contribution >= 4 is 0 Å². The maximum Gasteiger partial charge on any atom is 0.0625 e. The predicted octanol–water partition coefficient (Wildman–Crippen LogP) is 0.454. The fraction of sp³-hybridized carbons (Fsp3) is 0.700. The van der Waals surface area contributed by atoms with E-state index in [1.807, 2.05) is 11.7 Å². The Bertz CT molecular complexity index is 270. The van der Waals surface area contributed by atoms with E-state index < -0.39 is 0 Å². The average Bonchev–Trinajstić information content (AvgIpc) is 2.54. The molecule has 4 nitrogen and oxygen atoms in total. The normalized spacial score (nSPS) is 10.8. The second-order valence-electron chi connectivity index (χ2n) is 3.36. The maximum atomic E-state index is 8.60. The molecule has 0 aliphatic rings. The molecule has 0 radical (unpaired) electrons. The van der Waals surface area contributed by atoms with Gasteiger partial charge in [0, 0.05) is 20.2 Å². The third kappa shape index (κ3) is 3.12. The molecule has 14 heavy (non-hydrogen) atoms. The topological polar surface area (TPSA) is 50.1 Å². The molecule has 1 aromatic heterocycles. The van der Waals surface area contributed by atoms with Crippen LogP contribution in [-0.2, 0) is 20.0 Å². The summed E-state index contributed by atoms with van der Waals surface area (Å²) in [6, 6.07) is 2.12. The number of aliphatic hydroxyl groups excluding tert-OH is 1. The lowest BCUT2D eigenvalue weighted by molar-refractivity contribution is 0.286. The molecule has 0 fully saturated rings. The van der Waals surface area contributed by atoms with Gasteiger partial charge in [-0.25, -0.2) is 0 Å². The Morgan fingerprint density at radius 3 is 2.93 bits per heavy atom. The van der Waals surface area contributed by atoms with E-state index in [0.29, 0.717) is 0 Å². The van der Waals surface area contributed by atoms with Crippen molar-refractivity contribution in [2.24, 2.45) is 7.05 Å². The van der Waals surface area contributed by atoms with E-state index >= 15 is 0 Å². The highest BCUT2D eigenvalue weighted by atomic mass is 16.3. The van der Waals surface area contributed by atoms with E-state index in [0.717, 1.165) is 31.6 Å². The van der Waals surface area contributed by atoms with E-state index in [4.69, 9.17) is 5.11 Å². The van der Waals surface area contributed by atoms with Crippen LogP contribution in [-0.4, -0.2) is 28.0 Å². The number of aromatic nitrogens is 2. The van der Waals surface area contributed by atoms with Gasteiger partial charge in [-0.05, 0) is 25.5 Å². The van der Waals surface area contributed by atoms with Crippen LogP contribution in [0.1, 0.15) is 24.7 Å². The minimum atomic E-state index is 0.249. The quantitative estimate of drug-likeness (QED) is 0.651. The minimum Gasteiger partial charge on any atom is -0.396 e. The molecule has 0 amide bonds. The molecule has 0 saturated carbocycles. The van der Waals surface area contributed by atoms with Gasteiger partial charge in [-0.15, -0.1) is 0 Å². The highest BCUT2D eigenvalue weighted by molar-refractivity contribution is 5.09. The van der Waals surface area contributed by atoms with Crippen LogP contribution < -0.4 is 5.32 Å². The molecule has 2 N–H and O–H groups in total. The summed E-state index contributed by atoms with van der Waals surface area (Å²) < 4.78 is 1.91. The van der Waals surface area contributed by atoms with Crippen molar-refractivity contribution in [3.05, 3.63) is 17.5 Å². The van der Waals surface area contributed by atoms with Gasteiger partial charge in [0.2, 0.25) is 0 Å². The van der Waals surface area contributed by atoms with Crippen LogP contribution in [0.25, 0.3) is 0 Å². The van der Waals surface area contributed by atoms with Crippen molar-refractivity contribution in [1.29, 1.82) is 0 Å². The van der Waals surface area contributed by atoms with Gasteiger partial charge in [-0.2, -0.15) is 5.10 Å². The predicted molar refractivity (Wildman–Crippen MR) is 56.0 cm³/mol. The molecule has 0 aliphatic carbocycles. The first kappa shape index (κ1) is 11.2. The molecule has 0 aromatic carbocycles. The number of aliphatic hydroxyl groups is 1.